The SMILES string of the molecule is O=C(Nn1cnc2ccccc21)c1cccc(NC(=O)c2cccs2)c1. The lowest BCUT2D eigenvalue weighted by Gasteiger charge is -2.09. The van der Waals surface area contributed by atoms with Crippen molar-refractivity contribution >= 4 is 39.9 Å². The number of anilines is 1. The van der Waals surface area contributed by atoms with Crippen molar-refractivity contribution in [1.82, 2.24) is 9.66 Å². The number of imidazole rings is 1. The third-order valence-corrected chi connectivity index (χ3v) is 4.67. The maximum absolute atomic E-state index is 12.6. The van der Waals surface area contributed by atoms with Crippen molar-refractivity contribution in [1.29, 1.82) is 0 Å². The van der Waals surface area contributed by atoms with E-state index in [1.807, 2.05) is 35.7 Å². The van der Waals surface area contributed by atoms with Crippen molar-refractivity contribution in [3.8, 4) is 0 Å². The normalized spacial score (nSPS) is 10.6. The van der Waals surface area contributed by atoms with Crippen LogP contribution in [0, 0.1) is 0 Å². The van der Waals surface area contributed by atoms with Crippen LogP contribution in [0.1, 0.15) is 20.0 Å². The highest BCUT2D eigenvalue weighted by Crippen LogP contribution is 2.16. The summed E-state index contributed by atoms with van der Waals surface area (Å²) in [4.78, 5) is 29.6. The van der Waals surface area contributed by atoms with E-state index in [0.29, 0.717) is 16.1 Å². The third-order valence-electron chi connectivity index (χ3n) is 3.80. The molecule has 26 heavy (non-hydrogen) atoms. The van der Waals surface area contributed by atoms with E-state index in [1.54, 1.807) is 41.3 Å². The number of para-hydroxylation sites is 2. The molecular weight excluding hydrogens is 348 g/mol. The summed E-state index contributed by atoms with van der Waals surface area (Å²) in [6.45, 7) is 0. The molecule has 128 valence electrons. The molecule has 0 atom stereocenters. The monoisotopic (exact) mass is 362 g/mol. The van der Waals surface area contributed by atoms with Gasteiger partial charge in [0.1, 0.15) is 6.33 Å². The molecule has 0 saturated carbocycles. The second-order valence-electron chi connectivity index (χ2n) is 5.56. The van der Waals surface area contributed by atoms with Gasteiger partial charge in [-0.3, -0.25) is 15.0 Å². The van der Waals surface area contributed by atoms with Crippen LogP contribution in [0.4, 0.5) is 5.69 Å². The molecule has 0 aliphatic carbocycles. The topological polar surface area (TPSA) is 76.0 Å². The fourth-order valence-corrected chi connectivity index (χ4v) is 3.18. The third kappa shape index (κ3) is 3.20. The van der Waals surface area contributed by atoms with E-state index in [-0.39, 0.29) is 11.8 Å². The zero-order valence-corrected chi connectivity index (χ0v) is 14.4. The summed E-state index contributed by atoms with van der Waals surface area (Å²) >= 11 is 1.36. The Morgan fingerprint density at radius 2 is 1.85 bits per heavy atom. The summed E-state index contributed by atoms with van der Waals surface area (Å²) in [7, 11) is 0. The van der Waals surface area contributed by atoms with E-state index in [2.05, 4.69) is 15.7 Å². The summed E-state index contributed by atoms with van der Waals surface area (Å²) < 4.78 is 1.58. The van der Waals surface area contributed by atoms with E-state index in [9.17, 15) is 9.59 Å². The molecule has 2 aromatic carbocycles. The fourth-order valence-electron chi connectivity index (χ4n) is 2.56. The molecule has 0 radical (unpaired) electrons. The Balaban J connectivity index is 1.52. The maximum atomic E-state index is 12.6. The fraction of sp³-hybridized carbons (Fsp3) is 0. The van der Waals surface area contributed by atoms with Crippen molar-refractivity contribution in [2.75, 3.05) is 10.7 Å². The number of carbonyl (C=O) groups is 2. The molecule has 4 aromatic rings. The number of thiophene rings is 1. The summed E-state index contributed by atoms with van der Waals surface area (Å²) in [5, 5.41) is 4.64. The number of amides is 2. The average molecular weight is 362 g/mol. The predicted molar refractivity (Wildman–Crippen MR) is 102 cm³/mol. The highest BCUT2D eigenvalue weighted by atomic mass is 32.1. The number of fused-ring (bicyclic) bond motifs is 1. The summed E-state index contributed by atoms with van der Waals surface area (Å²) in [5.74, 6) is -0.487. The van der Waals surface area contributed by atoms with Crippen LogP contribution in [0.3, 0.4) is 0 Å². The van der Waals surface area contributed by atoms with Gasteiger partial charge in [0.25, 0.3) is 11.8 Å². The van der Waals surface area contributed by atoms with Crippen molar-refractivity contribution in [2.24, 2.45) is 0 Å². The number of benzene rings is 2. The molecule has 0 bridgehead atoms. The Hall–Kier alpha value is -3.45. The lowest BCUT2D eigenvalue weighted by Crippen LogP contribution is -2.22. The molecule has 0 fully saturated rings. The number of nitrogens with zero attached hydrogens (tertiary/aromatic N) is 2. The molecule has 0 saturated heterocycles. The number of rotatable bonds is 4. The standard InChI is InChI=1S/C19H14N4O2S/c24-18(22-23-12-20-15-7-1-2-8-16(15)23)13-5-3-6-14(11-13)21-19(25)17-9-4-10-26-17/h1-12H,(H,21,25)(H,22,24). The highest BCUT2D eigenvalue weighted by molar-refractivity contribution is 7.12. The van der Waals surface area contributed by atoms with Crippen LogP contribution < -0.4 is 10.7 Å². The Labute approximate surface area is 153 Å². The second kappa shape index (κ2) is 6.81. The van der Waals surface area contributed by atoms with E-state index in [4.69, 9.17) is 0 Å². The minimum atomic E-state index is -0.291. The van der Waals surface area contributed by atoms with Gasteiger partial charge in [-0.15, -0.1) is 11.3 Å². The summed E-state index contributed by atoms with van der Waals surface area (Å²) in [6.07, 6.45) is 1.56. The van der Waals surface area contributed by atoms with Crippen LogP contribution in [0.15, 0.2) is 72.4 Å². The minimum absolute atomic E-state index is 0.196. The number of hydrogen-bond acceptors (Lipinski definition) is 4. The Morgan fingerprint density at radius 3 is 2.69 bits per heavy atom. The van der Waals surface area contributed by atoms with Gasteiger partial charge in [-0.05, 0) is 41.8 Å². The number of nitrogens with one attached hydrogen (secondary N) is 2. The average Bonchev–Trinajstić information content (AvgIpc) is 3.32. The number of carbonyl (C=O) groups excluding carboxylic acids is 2. The smallest absolute Gasteiger partial charge is 0.270 e. The van der Waals surface area contributed by atoms with E-state index in [1.165, 1.54) is 11.3 Å². The molecule has 0 spiro atoms. The Morgan fingerprint density at radius 1 is 0.962 bits per heavy atom. The van der Waals surface area contributed by atoms with Crippen molar-refractivity contribution < 1.29 is 9.59 Å². The van der Waals surface area contributed by atoms with Crippen LogP contribution in [0.25, 0.3) is 11.0 Å². The van der Waals surface area contributed by atoms with Crippen LogP contribution >= 0.6 is 11.3 Å². The quantitative estimate of drug-likeness (QED) is 0.581. The van der Waals surface area contributed by atoms with Gasteiger partial charge in [-0.25, -0.2) is 9.66 Å². The van der Waals surface area contributed by atoms with Crippen molar-refractivity contribution in [2.45, 2.75) is 0 Å². The van der Waals surface area contributed by atoms with Crippen LogP contribution in [0.2, 0.25) is 0 Å². The molecule has 0 aliphatic rings. The Kier molecular flexibility index (Phi) is 4.20. The van der Waals surface area contributed by atoms with Gasteiger partial charge < -0.3 is 5.32 Å². The van der Waals surface area contributed by atoms with Gasteiger partial charge >= 0.3 is 0 Å². The van der Waals surface area contributed by atoms with Crippen LogP contribution in [-0.2, 0) is 0 Å². The highest BCUT2D eigenvalue weighted by Gasteiger charge is 2.11. The van der Waals surface area contributed by atoms with Gasteiger partial charge in [0, 0.05) is 11.3 Å². The largest absolute Gasteiger partial charge is 0.321 e. The number of hydrogen-bond donors (Lipinski definition) is 2. The predicted octanol–water partition coefficient (Wildman–Crippen LogP) is 3.73. The minimum Gasteiger partial charge on any atom is -0.321 e. The molecule has 0 aliphatic heterocycles. The first-order valence-corrected chi connectivity index (χ1v) is 8.77. The molecule has 0 unspecified atom stereocenters. The second-order valence-corrected chi connectivity index (χ2v) is 6.50. The molecule has 7 heteroatoms. The molecule has 6 nitrogen and oxygen atoms in total. The first kappa shape index (κ1) is 16.0. The zero-order valence-electron chi connectivity index (χ0n) is 13.5. The van der Waals surface area contributed by atoms with Gasteiger partial charge in [0.15, 0.2) is 0 Å². The lowest BCUT2D eigenvalue weighted by atomic mass is 10.2. The van der Waals surface area contributed by atoms with Gasteiger partial charge in [0.05, 0.1) is 15.9 Å². The summed E-state index contributed by atoms with van der Waals surface area (Å²) in [5.41, 5.74) is 5.40. The van der Waals surface area contributed by atoms with Crippen molar-refractivity contribution in [3.63, 3.8) is 0 Å². The van der Waals surface area contributed by atoms with Gasteiger partial charge in [0.2, 0.25) is 0 Å². The van der Waals surface area contributed by atoms with Crippen LogP contribution in [0.5, 0.6) is 0 Å². The van der Waals surface area contributed by atoms with E-state index in [0.717, 1.165) is 11.0 Å². The number of aromatic nitrogens is 2. The molecule has 4 rings (SSSR count). The molecule has 2 heterocycles. The molecule has 2 N–H and O–H groups in total. The summed E-state index contributed by atoms with van der Waals surface area (Å²) in [6, 6.07) is 17.9. The zero-order chi connectivity index (χ0) is 17.9. The Bertz CT molecular complexity index is 1090. The van der Waals surface area contributed by atoms with Crippen LogP contribution in [-0.4, -0.2) is 21.5 Å². The van der Waals surface area contributed by atoms with E-state index >= 15 is 0 Å². The molecule has 2 aromatic heterocycles. The first-order valence-electron chi connectivity index (χ1n) is 7.89. The van der Waals surface area contributed by atoms with E-state index < -0.39 is 0 Å². The lowest BCUT2D eigenvalue weighted by molar-refractivity contribution is 0.100. The van der Waals surface area contributed by atoms with Crippen molar-refractivity contribution in [3.05, 3.63) is 82.8 Å². The molecule has 2 amide bonds. The van der Waals surface area contributed by atoms with Gasteiger partial charge in [-0.1, -0.05) is 24.3 Å². The maximum Gasteiger partial charge on any atom is 0.270 e. The first-order chi connectivity index (χ1) is 12.7. The van der Waals surface area contributed by atoms with Gasteiger partial charge in [-0.2, -0.15) is 0 Å². The molecular formula is C19H14N4O2S.